The van der Waals surface area contributed by atoms with Gasteiger partial charge in [0.15, 0.2) is 5.82 Å². The summed E-state index contributed by atoms with van der Waals surface area (Å²) in [7, 11) is 0. The minimum atomic E-state index is -0.383. The first-order valence-electron chi connectivity index (χ1n) is 10.4. The summed E-state index contributed by atoms with van der Waals surface area (Å²) >= 11 is 0. The minimum Gasteiger partial charge on any atom is -0.396 e. The topological polar surface area (TPSA) is 67.1 Å². The highest BCUT2D eigenvalue weighted by Gasteiger charge is 2.19. The van der Waals surface area contributed by atoms with Crippen LogP contribution < -0.4 is 11.1 Å². The molecular weight excluding hydrogens is 365 g/mol. The molecule has 152 valence electrons. The lowest BCUT2D eigenvalue weighted by Crippen LogP contribution is -2.39. The van der Waals surface area contributed by atoms with Crippen LogP contribution in [-0.2, 0) is 6.42 Å². The monoisotopic (exact) mass is 393 g/mol. The first-order chi connectivity index (χ1) is 14.1. The highest BCUT2D eigenvalue weighted by atomic mass is 19.1. The Bertz CT molecular complexity index is 1010. The van der Waals surface area contributed by atoms with Crippen molar-refractivity contribution in [3.05, 3.63) is 47.9 Å². The quantitative estimate of drug-likeness (QED) is 0.626. The second kappa shape index (κ2) is 8.33. The summed E-state index contributed by atoms with van der Waals surface area (Å²) in [5, 5.41) is 4.42. The van der Waals surface area contributed by atoms with Crippen molar-refractivity contribution < 1.29 is 4.39 Å². The van der Waals surface area contributed by atoms with Gasteiger partial charge in [-0.3, -0.25) is 0 Å². The summed E-state index contributed by atoms with van der Waals surface area (Å²) in [6.07, 6.45) is 4.84. The van der Waals surface area contributed by atoms with E-state index in [9.17, 15) is 4.39 Å². The van der Waals surface area contributed by atoms with E-state index in [1.165, 1.54) is 0 Å². The molecule has 6 heteroatoms. The number of nitrogen functional groups attached to an aromatic ring is 1. The average Bonchev–Trinajstić information content (AvgIpc) is 2.75. The molecule has 3 N–H and O–H groups in total. The van der Waals surface area contributed by atoms with Gasteiger partial charge in [-0.05, 0) is 55.1 Å². The highest BCUT2D eigenvalue weighted by Crippen LogP contribution is 2.31. The number of nitrogens with two attached hydrogens (primary N) is 1. The van der Waals surface area contributed by atoms with Gasteiger partial charge < -0.3 is 16.0 Å². The van der Waals surface area contributed by atoms with Crippen LogP contribution in [0.2, 0.25) is 0 Å². The van der Waals surface area contributed by atoms with Crippen LogP contribution in [0.4, 0.5) is 16.0 Å². The minimum absolute atomic E-state index is 0.158. The largest absolute Gasteiger partial charge is 0.396 e. The van der Waals surface area contributed by atoms with E-state index in [4.69, 9.17) is 10.7 Å². The van der Waals surface area contributed by atoms with Gasteiger partial charge in [0.1, 0.15) is 0 Å². The maximum absolute atomic E-state index is 14.5. The number of hydrogen-bond donors (Lipinski definition) is 2. The number of piperidine rings is 1. The molecule has 29 heavy (non-hydrogen) atoms. The second-order valence-corrected chi connectivity index (χ2v) is 7.68. The molecule has 2 heterocycles. The predicted molar refractivity (Wildman–Crippen MR) is 117 cm³/mol. The molecule has 0 unspecified atom stereocenters. The number of nitrogens with one attached hydrogen (secondary N) is 1. The number of anilines is 2. The van der Waals surface area contributed by atoms with Gasteiger partial charge in [-0.2, -0.15) is 0 Å². The summed E-state index contributed by atoms with van der Waals surface area (Å²) in [5.74, 6) is 0.288. The van der Waals surface area contributed by atoms with E-state index in [0.717, 1.165) is 60.9 Å². The maximum Gasteiger partial charge on any atom is 0.223 e. The van der Waals surface area contributed by atoms with Crippen molar-refractivity contribution in [1.82, 2.24) is 14.9 Å². The molecule has 0 amide bonds. The van der Waals surface area contributed by atoms with E-state index in [1.807, 2.05) is 18.3 Å². The Labute approximate surface area is 171 Å². The Hall–Kier alpha value is -2.73. The van der Waals surface area contributed by atoms with Crippen LogP contribution in [0, 0.1) is 5.82 Å². The summed E-state index contributed by atoms with van der Waals surface area (Å²) in [5.41, 5.74) is 9.22. The molecule has 4 rings (SSSR count). The zero-order chi connectivity index (χ0) is 20.4. The Balaban J connectivity index is 1.64. The van der Waals surface area contributed by atoms with Crippen LogP contribution in [0.1, 0.15) is 32.3 Å². The zero-order valence-corrected chi connectivity index (χ0v) is 17.1. The van der Waals surface area contributed by atoms with Crippen molar-refractivity contribution in [2.24, 2.45) is 0 Å². The van der Waals surface area contributed by atoms with E-state index in [-0.39, 0.29) is 11.5 Å². The van der Waals surface area contributed by atoms with Crippen LogP contribution in [0.5, 0.6) is 0 Å². The van der Waals surface area contributed by atoms with Gasteiger partial charge in [0, 0.05) is 36.3 Å². The first-order valence-corrected chi connectivity index (χ1v) is 10.4. The molecular formula is C23H28FN5. The van der Waals surface area contributed by atoms with Gasteiger partial charge in [-0.15, -0.1) is 0 Å². The van der Waals surface area contributed by atoms with Crippen LogP contribution in [0.25, 0.3) is 22.0 Å². The lowest BCUT2D eigenvalue weighted by molar-refractivity contribution is 0.229. The van der Waals surface area contributed by atoms with Crippen molar-refractivity contribution in [3.8, 4) is 11.1 Å². The number of halogens is 1. The summed E-state index contributed by atoms with van der Waals surface area (Å²) in [6, 6.07) is 9.46. The number of aryl methyl sites for hydroxylation is 1. The highest BCUT2D eigenvalue weighted by molar-refractivity contribution is 5.88. The Kier molecular flexibility index (Phi) is 5.62. The molecule has 2 aromatic carbocycles. The van der Waals surface area contributed by atoms with Crippen LogP contribution in [0.15, 0.2) is 36.5 Å². The van der Waals surface area contributed by atoms with Crippen LogP contribution in [0.3, 0.4) is 0 Å². The lowest BCUT2D eigenvalue weighted by atomic mass is 9.98. The first kappa shape index (κ1) is 19.6. The Morgan fingerprint density at radius 3 is 2.72 bits per heavy atom. The lowest BCUT2D eigenvalue weighted by Gasteiger charge is -2.31. The van der Waals surface area contributed by atoms with Crippen molar-refractivity contribution in [2.45, 2.75) is 39.2 Å². The second-order valence-electron chi connectivity index (χ2n) is 7.68. The van der Waals surface area contributed by atoms with Crippen molar-refractivity contribution in [2.75, 3.05) is 30.7 Å². The molecule has 0 spiro atoms. The Morgan fingerprint density at radius 1 is 1.21 bits per heavy atom. The molecule has 0 saturated carbocycles. The van der Waals surface area contributed by atoms with Gasteiger partial charge in [0.2, 0.25) is 5.95 Å². The van der Waals surface area contributed by atoms with Gasteiger partial charge in [-0.1, -0.05) is 26.0 Å². The number of nitrogens with zero attached hydrogens (tertiary/aromatic N) is 3. The van der Waals surface area contributed by atoms with Crippen molar-refractivity contribution in [1.29, 1.82) is 0 Å². The zero-order valence-electron chi connectivity index (χ0n) is 17.1. The van der Waals surface area contributed by atoms with Gasteiger partial charge >= 0.3 is 0 Å². The molecule has 0 aliphatic carbocycles. The van der Waals surface area contributed by atoms with E-state index in [0.29, 0.717) is 17.6 Å². The summed E-state index contributed by atoms with van der Waals surface area (Å²) < 4.78 is 14.5. The third kappa shape index (κ3) is 4.03. The fourth-order valence-corrected chi connectivity index (χ4v) is 4.06. The normalized spacial score (nSPS) is 15.7. The molecule has 0 bridgehead atoms. The van der Waals surface area contributed by atoms with Crippen molar-refractivity contribution >= 4 is 22.5 Å². The molecule has 0 radical (unpaired) electrons. The number of fused-ring (bicyclic) bond motifs is 1. The number of benzene rings is 2. The fourth-order valence-electron chi connectivity index (χ4n) is 4.06. The van der Waals surface area contributed by atoms with E-state index >= 15 is 0 Å². The molecule has 1 aliphatic rings. The van der Waals surface area contributed by atoms with E-state index < -0.39 is 0 Å². The average molecular weight is 394 g/mol. The van der Waals surface area contributed by atoms with E-state index in [1.54, 1.807) is 18.2 Å². The molecule has 0 atom stereocenters. The number of aromatic nitrogens is 2. The van der Waals surface area contributed by atoms with Gasteiger partial charge in [0.05, 0.1) is 11.2 Å². The van der Waals surface area contributed by atoms with Crippen LogP contribution in [-0.4, -0.2) is 40.5 Å². The molecule has 1 fully saturated rings. The Morgan fingerprint density at radius 2 is 2.00 bits per heavy atom. The SMILES string of the molecule is CCc1cc(-c2cccc(N)c2F)cc2cnc(NC3CCN(CC)CC3)nc12. The molecule has 5 nitrogen and oxygen atoms in total. The molecule has 1 aliphatic heterocycles. The van der Waals surface area contributed by atoms with Gasteiger partial charge in [0.25, 0.3) is 0 Å². The summed E-state index contributed by atoms with van der Waals surface area (Å²) in [6.45, 7) is 7.61. The van der Waals surface area contributed by atoms with Crippen LogP contribution >= 0.6 is 0 Å². The predicted octanol–water partition coefficient (Wildman–Crippen LogP) is 4.48. The molecule has 1 aromatic heterocycles. The smallest absolute Gasteiger partial charge is 0.223 e. The maximum atomic E-state index is 14.5. The van der Waals surface area contributed by atoms with Crippen molar-refractivity contribution in [3.63, 3.8) is 0 Å². The fraction of sp³-hybridized carbons (Fsp3) is 0.391. The third-order valence-corrected chi connectivity index (χ3v) is 5.85. The molecule has 3 aromatic rings. The number of rotatable bonds is 5. The third-order valence-electron chi connectivity index (χ3n) is 5.85. The van der Waals surface area contributed by atoms with E-state index in [2.05, 4.69) is 29.0 Å². The number of likely N-dealkylation sites (tertiary alicyclic amines) is 1. The number of hydrogen-bond acceptors (Lipinski definition) is 5. The van der Waals surface area contributed by atoms with Gasteiger partial charge in [-0.25, -0.2) is 14.4 Å². The standard InChI is InChI=1S/C23H28FN5/c1-3-15-12-16(19-6-5-7-20(25)21(19)24)13-17-14-26-23(28-22(15)17)27-18-8-10-29(4-2)11-9-18/h5-7,12-14,18H,3-4,8-11,25H2,1-2H3,(H,26,27,28). The summed E-state index contributed by atoms with van der Waals surface area (Å²) in [4.78, 5) is 11.8. The molecule has 1 saturated heterocycles.